The van der Waals surface area contributed by atoms with Crippen LogP contribution in [0.3, 0.4) is 0 Å². The lowest BCUT2D eigenvalue weighted by molar-refractivity contribution is 0.322. The number of hydrogen-bond acceptors (Lipinski definition) is 1. The van der Waals surface area contributed by atoms with Crippen LogP contribution in [0.15, 0.2) is 48.5 Å². The van der Waals surface area contributed by atoms with Gasteiger partial charge in [-0.2, -0.15) is 0 Å². The molecule has 0 aliphatic rings. The smallest absolute Gasteiger partial charge is 0.119 e. The minimum Gasteiger partial charge on any atom is -0.493 e. The third-order valence-corrected chi connectivity index (χ3v) is 3.13. The molecule has 0 spiro atoms. The van der Waals surface area contributed by atoms with Gasteiger partial charge < -0.3 is 4.74 Å². The summed E-state index contributed by atoms with van der Waals surface area (Å²) in [7, 11) is 0. The fraction of sp³-hybridized carbons (Fsp3) is 0.143. The average molecular weight is 267 g/mol. The molecule has 0 aliphatic carbocycles. The van der Waals surface area contributed by atoms with E-state index in [2.05, 4.69) is 0 Å². The van der Waals surface area contributed by atoms with Crippen LogP contribution in [0.5, 0.6) is 5.75 Å². The number of hydrogen-bond donors (Lipinski definition) is 0. The molecule has 0 bridgehead atoms. The minimum absolute atomic E-state index is 0.583. The summed E-state index contributed by atoms with van der Waals surface area (Å²) in [6.07, 6.45) is 0.811. The largest absolute Gasteiger partial charge is 0.493 e. The quantitative estimate of drug-likeness (QED) is 0.785. The molecule has 2 rings (SSSR count). The van der Waals surface area contributed by atoms with Crippen LogP contribution < -0.4 is 4.74 Å². The molecule has 0 amide bonds. The maximum atomic E-state index is 5.94. The summed E-state index contributed by atoms with van der Waals surface area (Å²) in [6.45, 7) is 0.627. The molecule has 0 saturated heterocycles. The van der Waals surface area contributed by atoms with Gasteiger partial charge in [-0.3, -0.25) is 0 Å². The Labute approximate surface area is 111 Å². The standard InChI is InChI=1S/C14H12Cl2O/c15-13-7-6-11(10-14(13)16)8-9-17-12-4-2-1-3-5-12/h1-7,10H,8-9H2. The molecule has 0 N–H and O–H groups in total. The Hall–Kier alpha value is -1.18. The van der Waals surface area contributed by atoms with Crippen LogP contribution in [-0.4, -0.2) is 6.61 Å². The number of para-hydroxylation sites is 1. The van der Waals surface area contributed by atoms with Gasteiger partial charge in [0.2, 0.25) is 0 Å². The number of rotatable bonds is 4. The van der Waals surface area contributed by atoms with Crippen molar-refractivity contribution in [2.45, 2.75) is 6.42 Å². The van der Waals surface area contributed by atoms with Gasteiger partial charge in [-0.05, 0) is 29.8 Å². The Kier molecular flexibility index (Phi) is 4.29. The molecule has 0 aliphatic heterocycles. The molecular weight excluding hydrogens is 255 g/mol. The number of benzene rings is 2. The van der Waals surface area contributed by atoms with Crippen molar-refractivity contribution in [2.75, 3.05) is 6.61 Å². The summed E-state index contributed by atoms with van der Waals surface area (Å²) in [6, 6.07) is 15.4. The van der Waals surface area contributed by atoms with Gasteiger partial charge in [-0.15, -0.1) is 0 Å². The lowest BCUT2D eigenvalue weighted by Crippen LogP contribution is -2.01. The summed E-state index contributed by atoms with van der Waals surface area (Å²) in [5.41, 5.74) is 1.12. The summed E-state index contributed by atoms with van der Waals surface area (Å²) >= 11 is 11.8. The normalized spacial score (nSPS) is 10.2. The average Bonchev–Trinajstić information content (AvgIpc) is 2.35. The maximum absolute atomic E-state index is 5.94. The van der Waals surface area contributed by atoms with Crippen molar-refractivity contribution in [3.63, 3.8) is 0 Å². The van der Waals surface area contributed by atoms with E-state index in [1.54, 1.807) is 0 Å². The van der Waals surface area contributed by atoms with Crippen molar-refractivity contribution in [3.8, 4) is 5.75 Å². The first-order chi connectivity index (χ1) is 8.25. The van der Waals surface area contributed by atoms with E-state index in [0.717, 1.165) is 17.7 Å². The molecule has 1 nitrogen and oxygen atoms in total. The molecular formula is C14H12Cl2O. The first-order valence-corrected chi connectivity index (χ1v) is 6.13. The second-order valence-corrected chi connectivity index (χ2v) is 4.47. The van der Waals surface area contributed by atoms with E-state index in [0.29, 0.717) is 16.7 Å². The predicted molar refractivity (Wildman–Crippen MR) is 72.1 cm³/mol. The van der Waals surface area contributed by atoms with Gasteiger partial charge in [0.25, 0.3) is 0 Å². The van der Waals surface area contributed by atoms with Crippen LogP contribution in [-0.2, 0) is 6.42 Å². The van der Waals surface area contributed by atoms with E-state index >= 15 is 0 Å². The second kappa shape index (κ2) is 5.95. The highest BCUT2D eigenvalue weighted by Gasteiger charge is 2.00. The highest BCUT2D eigenvalue weighted by molar-refractivity contribution is 6.42. The molecule has 0 unspecified atom stereocenters. The van der Waals surface area contributed by atoms with E-state index in [9.17, 15) is 0 Å². The first-order valence-electron chi connectivity index (χ1n) is 5.37. The van der Waals surface area contributed by atoms with E-state index in [-0.39, 0.29) is 0 Å². The van der Waals surface area contributed by atoms with Gasteiger partial charge in [0.1, 0.15) is 5.75 Å². The molecule has 88 valence electrons. The fourth-order valence-electron chi connectivity index (χ4n) is 1.50. The predicted octanol–water partition coefficient (Wildman–Crippen LogP) is 4.61. The zero-order valence-corrected chi connectivity index (χ0v) is 10.7. The van der Waals surface area contributed by atoms with E-state index < -0.39 is 0 Å². The molecule has 2 aromatic rings. The number of halogens is 2. The Morgan fingerprint density at radius 2 is 1.65 bits per heavy atom. The van der Waals surface area contributed by atoms with Gasteiger partial charge >= 0.3 is 0 Å². The summed E-state index contributed by atoms with van der Waals surface area (Å²) in [4.78, 5) is 0. The number of ether oxygens (including phenoxy) is 1. The van der Waals surface area contributed by atoms with Crippen molar-refractivity contribution in [2.24, 2.45) is 0 Å². The van der Waals surface area contributed by atoms with Crippen LogP contribution in [0, 0.1) is 0 Å². The Morgan fingerprint density at radius 3 is 2.35 bits per heavy atom. The SMILES string of the molecule is Clc1ccc(CCOc2ccccc2)cc1Cl. The van der Waals surface area contributed by atoms with Gasteiger partial charge in [0, 0.05) is 6.42 Å². The fourth-order valence-corrected chi connectivity index (χ4v) is 1.82. The van der Waals surface area contributed by atoms with Crippen molar-refractivity contribution in [3.05, 3.63) is 64.1 Å². The summed E-state index contributed by atoms with van der Waals surface area (Å²) < 4.78 is 5.60. The third-order valence-electron chi connectivity index (χ3n) is 2.39. The summed E-state index contributed by atoms with van der Waals surface area (Å²) in [5, 5.41) is 1.17. The third kappa shape index (κ3) is 3.65. The van der Waals surface area contributed by atoms with Gasteiger partial charge in [0.05, 0.1) is 16.7 Å². The second-order valence-electron chi connectivity index (χ2n) is 3.66. The monoisotopic (exact) mass is 266 g/mol. The molecule has 0 saturated carbocycles. The van der Waals surface area contributed by atoms with Gasteiger partial charge in [0.15, 0.2) is 0 Å². The van der Waals surface area contributed by atoms with Crippen LogP contribution in [0.1, 0.15) is 5.56 Å². The van der Waals surface area contributed by atoms with Gasteiger partial charge in [-0.1, -0.05) is 47.5 Å². The van der Waals surface area contributed by atoms with Crippen molar-refractivity contribution in [1.82, 2.24) is 0 Å². The van der Waals surface area contributed by atoms with Crippen molar-refractivity contribution < 1.29 is 4.74 Å². The van der Waals surface area contributed by atoms with Crippen LogP contribution in [0.25, 0.3) is 0 Å². The molecule has 0 heterocycles. The van der Waals surface area contributed by atoms with E-state index in [1.165, 1.54) is 0 Å². The Morgan fingerprint density at radius 1 is 0.882 bits per heavy atom. The maximum Gasteiger partial charge on any atom is 0.119 e. The molecule has 0 aromatic heterocycles. The topological polar surface area (TPSA) is 9.23 Å². The molecule has 0 atom stereocenters. The molecule has 17 heavy (non-hydrogen) atoms. The van der Waals surface area contributed by atoms with Crippen LogP contribution in [0.2, 0.25) is 10.0 Å². The zero-order valence-electron chi connectivity index (χ0n) is 9.20. The molecule has 0 radical (unpaired) electrons. The highest BCUT2D eigenvalue weighted by Crippen LogP contribution is 2.22. The summed E-state index contributed by atoms with van der Waals surface area (Å²) in [5.74, 6) is 0.882. The molecule has 0 fully saturated rings. The highest BCUT2D eigenvalue weighted by atomic mass is 35.5. The molecule has 3 heteroatoms. The van der Waals surface area contributed by atoms with Crippen LogP contribution in [0.4, 0.5) is 0 Å². The van der Waals surface area contributed by atoms with Crippen molar-refractivity contribution >= 4 is 23.2 Å². The van der Waals surface area contributed by atoms with Gasteiger partial charge in [-0.25, -0.2) is 0 Å². The minimum atomic E-state index is 0.583. The lowest BCUT2D eigenvalue weighted by Gasteiger charge is -2.06. The lowest BCUT2D eigenvalue weighted by atomic mass is 10.2. The van der Waals surface area contributed by atoms with Crippen molar-refractivity contribution in [1.29, 1.82) is 0 Å². The van der Waals surface area contributed by atoms with E-state index in [1.807, 2.05) is 48.5 Å². The first kappa shape index (κ1) is 12.3. The van der Waals surface area contributed by atoms with E-state index in [4.69, 9.17) is 27.9 Å². The Bertz CT molecular complexity index is 483. The zero-order chi connectivity index (χ0) is 12.1. The Balaban J connectivity index is 1.88. The van der Waals surface area contributed by atoms with Crippen LogP contribution >= 0.6 is 23.2 Å². The molecule has 2 aromatic carbocycles.